The second-order valence-corrected chi connectivity index (χ2v) is 18.6. The maximum atomic E-state index is 2.57. The molecule has 2 aliphatic rings. The van der Waals surface area contributed by atoms with E-state index < -0.39 is 5.41 Å². The maximum absolute atomic E-state index is 2.57. The van der Waals surface area contributed by atoms with Gasteiger partial charge in [0.15, 0.2) is 0 Å². The van der Waals surface area contributed by atoms with Gasteiger partial charge in [0.25, 0.3) is 0 Å². The summed E-state index contributed by atoms with van der Waals surface area (Å²) in [6, 6.07) is 80.5. The van der Waals surface area contributed by atoms with Crippen LogP contribution in [0, 0.1) is 0 Å². The lowest BCUT2D eigenvalue weighted by Crippen LogP contribution is -2.26. The predicted molar refractivity (Wildman–Crippen MR) is 268 cm³/mol. The number of benzene rings is 11. The topological polar surface area (TPSA) is 4.93 Å². The van der Waals surface area contributed by atoms with Gasteiger partial charge in [-0.3, -0.25) is 0 Å². The van der Waals surface area contributed by atoms with Crippen molar-refractivity contribution in [3.8, 4) is 39.1 Å². The van der Waals surface area contributed by atoms with Crippen LogP contribution in [0.5, 0.6) is 0 Å². The van der Waals surface area contributed by atoms with Gasteiger partial charge in [-0.1, -0.05) is 152 Å². The van der Waals surface area contributed by atoms with Crippen LogP contribution in [0.2, 0.25) is 0 Å². The molecule has 0 atom stereocenters. The Morgan fingerprint density at radius 1 is 0.286 bits per heavy atom. The fraction of sp³-hybridized carbons (Fsp3) is 0.0164. The number of hydrogen-bond donors (Lipinski definition) is 0. The van der Waals surface area contributed by atoms with E-state index in [0.29, 0.717) is 0 Å². The minimum atomic E-state index is -0.495. The Balaban J connectivity index is 1.01. The average molecular weight is 814 g/mol. The Kier molecular flexibility index (Phi) is 6.56. The zero-order valence-corrected chi connectivity index (χ0v) is 34.9. The standard InChI is InChI=1S/C61H35NS/c1-3-15-41-39(13-1)40-14-2-4-16-42(40)49-35-56-50(34-48(41)49)45-28-27-38(33-55(45)61(56)53-21-9-5-17-43(53)44-18-6-10-22-54(44)61)62-57-23-11-7-19-46(57)51-31-36(25-29-58(51)62)37-26-30-60-52(32-37)47-20-8-12-24-59(47)63-60/h1-35H. The number of rotatable bonds is 2. The minimum Gasteiger partial charge on any atom is -0.309 e. The van der Waals surface area contributed by atoms with E-state index in [1.54, 1.807) is 0 Å². The van der Waals surface area contributed by atoms with E-state index in [2.05, 4.69) is 217 Å². The first-order chi connectivity index (χ1) is 31.2. The highest BCUT2D eigenvalue weighted by molar-refractivity contribution is 7.25. The molecule has 2 heterocycles. The molecule has 13 aromatic rings. The van der Waals surface area contributed by atoms with E-state index in [1.165, 1.54) is 136 Å². The monoisotopic (exact) mass is 813 g/mol. The normalized spacial score (nSPS) is 13.5. The number of nitrogens with zero attached hydrogens (tertiary/aromatic N) is 1. The van der Waals surface area contributed by atoms with Gasteiger partial charge in [-0.05, 0) is 149 Å². The molecule has 0 amide bonds. The van der Waals surface area contributed by atoms with Crippen molar-refractivity contribution < 1.29 is 0 Å². The largest absolute Gasteiger partial charge is 0.309 e. The number of thiophene rings is 1. The first-order valence-electron chi connectivity index (χ1n) is 21.9. The molecule has 0 radical (unpaired) electrons. The third-order valence-electron chi connectivity index (χ3n) is 14.6. The lowest BCUT2D eigenvalue weighted by atomic mass is 9.70. The lowest BCUT2D eigenvalue weighted by molar-refractivity contribution is 0.794. The summed E-state index contributed by atoms with van der Waals surface area (Å²) in [5.74, 6) is 0. The third kappa shape index (κ3) is 4.31. The van der Waals surface area contributed by atoms with Gasteiger partial charge in [0.05, 0.1) is 16.4 Å². The number of hydrogen-bond acceptors (Lipinski definition) is 1. The van der Waals surface area contributed by atoms with Gasteiger partial charge in [0.2, 0.25) is 0 Å². The lowest BCUT2D eigenvalue weighted by Gasteiger charge is -2.31. The van der Waals surface area contributed by atoms with Crippen molar-refractivity contribution in [3.05, 3.63) is 235 Å². The molecule has 2 aromatic heterocycles. The SMILES string of the molecule is c1ccc2c(c1)-c1ccccc1C21c2cc(-n3c4ccccc4c4cc(-c5ccc6sc7ccccc7c6c5)ccc43)ccc2-c2cc3c4ccccc4c4ccccc4c3cc21. The molecule has 0 saturated heterocycles. The molecule has 0 N–H and O–H groups in total. The summed E-state index contributed by atoms with van der Waals surface area (Å²) in [6.45, 7) is 0. The quantitative estimate of drug-likeness (QED) is 0.153. The summed E-state index contributed by atoms with van der Waals surface area (Å²) in [4.78, 5) is 0. The van der Waals surface area contributed by atoms with Gasteiger partial charge >= 0.3 is 0 Å². The molecule has 1 nitrogen and oxygen atoms in total. The van der Waals surface area contributed by atoms with Crippen LogP contribution in [-0.4, -0.2) is 4.57 Å². The maximum Gasteiger partial charge on any atom is 0.0726 e. The first kappa shape index (κ1) is 33.9. The van der Waals surface area contributed by atoms with Crippen molar-refractivity contribution >= 4 is 85.6 Å². The van der Waals surface area contributed by atoms with Crippen LogP contribution in [0.25, 0.3) is 113 Å². The summed E-state index contributed by atoms with van der Waals surface area (Å²) in [7, 11) is 0. The average Bonchev–Trinajstić information content (AvgIpc) is 4.06. The van der Waals surface area contributed by atoms with Crippen molar-refractivity contribution in [2.45, 2.75) is 5.41 Å². The molecule has 15 rings (SSSR count). The summed E-state index contributed by atoms with van der Waals surface area (Å²) in [5.41, 5.74) is 16.3. The van der Waals surface area contributed by atoms with E-state index in [4.69, 9.17) is 0 Å². The van der Waals surface area contributed by atoms with Gasteiger partial charge in [0, 0.05) is 36.6 Å². The van der Waals surface area contributed by atoms with E-state index in [9.17, 15) is 0 Å². The summed E-state index contributed by atoms with van der Waals surface area (Å²) >= 11 is 1.87. The highest BCUT2D eigenvalue weighted by Crippen LogP contribution is 2.64. The van der Waals surface area contributed by atoms with Gasteiger partial charge in [-0.15, -0.1) is 11.3 Å². The smallest absolute Gasteiger partial charge is 0.0726 e. The van der Waals surface area contributed by atoms with Crippen molar-refractivity contribution in [2.75, 3.05) is 0 Å². The number of aromatic nitrogens is 1. The van der Waals surface area contributed by atoms with E-state index >= 15 is 0 Å². The minimum absolute atomic E-state index is 0.495. The van der Waals surface area contributed by atoms with E-state index in [-0.39, 0.29) is 0 Å². The molecule has 0 saturated carbocycles. The van der Waals surface area contributed by atoms with Crippen LogP contribution in [0.3, 0.4) is 0 Å². The Bertz CT molecular complexity index is 4110. The molecule has 1 spiro atoms. The second-order valence-electron chi connectivity index (χ2n) is 17.5. The van der Waals surface area contributed by atoms with E-state index in [1.807, 2.05) is 11.3 Å². The fourth-order valence-corrected chi connectivity index (χ4v) is 13.1. The van der Waals surface area contributed by atoms with Crippen LogP contribution < -0.4 is 0 Å². The Morgan fingerprint density at radius 2 is 0.794 bits per heavy atom. The number of fused-ring (bicyclic) bond motifs is 22. The van der Waals surface area contributed by atoms with Crippen molar-refractivity contribution in [2.24, 2.45) is 0 Å². The van der Waals surface area contributed by atoms with Gasteiger partial charge < -0.3 is 4.57 Å². The van der Waals surface area contributed by atoms with Gasteiger partial charge in [-0.2, -0.15) is 0 Å². The van der Waals surface area contributed by atoms with Crippen LogP contribution in [0.4, 0.5) is 0 Å². The van der Waals surface area contributed by atoms with Crippen LogP contribution in [0.1, 0.15) is 22.3 Å². The van der Waals surface area contributed by atoms with E-state index in [0.717, 1.165) is 0 Å². The summed E-state index contributed by atoms with van der Waals surface area (Å²) in [5, 5.41) is 13.0. The Labute approximate surface area is 367 Å². The van der Waals surface area contributed by atoms with Crippen molar-refractivity contribution in [1.29, 1.82) is 0 Å². The molecule has 0 aliphatic heterocycles. The molecular weight excluding hydrogens is 779 g/mol. The zero-order chi connectivity index (χ0) is 41.0. The van der Waals surface area contributed by atoms with Gasteiger partial charge in [0.1, 0.15) is 0 Å². The second kappa shape index (κ2) is 12.2. The number of para-hydroxylation sites is 1. The van der Waals surface area contributed by atoms with Crippen LogP contribution in [-0.2, 0) is 5.41 Å². The zero-order valence-electron chi connectivity index (χ0n) is 34.1. The van der Waals surface area contributed by atoms with Gasteiger partial charge in [-0.25, -0.2) is 0 Å². The highest BCUT2D eigenvalue weighted by atomic mass is 32.1. The summed E-state index contributed by atoms with van der Waals surface area (Å²) in [6.07, 6.45) is 0. The molecule has 0 bridgehead atoms. The fourth-order valence-electron chi connectivity index (χ4n) is 12.0. The Morgan fingerprint density at radius 3 is 1.52 bits per heavy atom. The first-order valence-corrected chi connectivity index (χ1v) is 22.7. The molecule has 11 aromatic carbocycles. The molecular formula is C61H35NS. The molecule has 63 heavy (non-hydrogen) atoms. The van der Waals surface area contributed by atoms with Crippen LogP contribution >= 0.6 is 11.3 Å². The highest BCUT2D eigenvalue weighted by Gasteiger charge is 2.52. The molecule has 2 heteroatoms. The predicted octanol–water partition coefficient (Wildman–Crippen LogP) is 16.6. The molecule has 0 fully saturated rings. The molecule has 0 unspecified atom stereocenters. The molecule has 2 aliphatic carbocycles. The van der Waals surface area contributed by atoms with Crippen molar-refractivity contribution in [3.63, 3.8) is 0 Å². The molecule has 290 valence electrons. The Hall–Kier alpha value is -7.78. The van der Waals surface area contributed by atoms with Crippen LogP contribution in [0.15, 0.2) is 212 Å². The van der Waals surface area contributed by atoms with Crippen molar-refractivity contribution in [1.82, 2.24) is 4.57 Å². The third-order valence-corrected chi connectivity index (χ3v) is 15.7. The summed E-state index contributed by atoms with van der Waals surface area (Å²) < 4.78 is 5.17.